The van der Waals surface area contributed by atoms with Gasteiger partial charge in [0.25, 0.3) is 5.91 Å². The number of piperazine rings is 1. The number of amides is 2. The van der Waals surface area contributed by atoms with Crippen molar-refractivity contribution in [2.75, 3.05) is 19.6 Å². The molecule has 2 aromatic heterocycles. The van der Waals surface area contributed by atoms with Crippen molar-refractivity contribution in [1.82, 2.24) is 29.7 Å². The van der Waals surface area contributed by atoms with Crippen LogP contribution in [-0.2, 0) is 11.3 Å². The van der Waals surface area contributed by atoms with E-state index in [1.165, 1.54) is 0 Å². The van der Waals surface area contributed by atoms with Gasteiger partial charge in [-0.15, -0.1) is 10.2 Å². The summed E-state index contributed by atoms with van der Waals surface area (Å²) in [6, 6.07) is 13.6. The number of carbonyl (C=O) groups is 2. The molecule has 2 amide bonds. The minimum Gasteiger partial charge on any atom is -0.348 e. The molecule has 8 nitrogen and oxygen atoms in total. The van der Waals surface area contributed by atoms with Crippen LogP contribution in [0.4, 0.5) is 0 Å². The fraction of sp³-hybridized carbons (Fsp3) is 0.391. The van der Waals surface area contributed by atoms with Crippen LogP contribution in [0.2, 0.25) is 0 Å². The zero-order valence-corrected chi connectivity index (χ0v) is 18.2. The molecule has 1 unspecified atom stereocenters. The normalized spacial score (nSPS) is 17.3. The smallest absolute Gasteiger partial charge is 0.253 e. The second-order valence-electron chi connectivity index (χ2n) is 8.18. The van der Waals surface area contributed by atoms with Crippen LogP contribution < -0.4 is 5.32 Å². The first kappa shape index (κ1) is 21.0. The van der Waals surface area contributed by atoms with Crippen LogP contribution in [-0.4, -0.2) is 61.9 Å². The molecule has 1 aliphatic rings. The molecule has 31 heavy (non-hydrogen) atoms. The van der Waals surface area contributed by atoms with Crippen LogP contribution in [0.25, 0.3) is 5.65 Å². The summed E-state index contributed by atoms with van der Waals surface area (Å²) in [6.07, 6.45) is 1.79. The zero-order valence-electron chi connectivity index (χ0n) is 18.2. The molecule has 0 aliphatic carbocycles. The van der Waals surface area contributed by atoms with Crippen LogP contribution in [0.15, 0.2) is 48.7 Å². The number of hydrogen-bond donors (Lipinski definition) is 1. The number of fused-ring (bicyclic) bond motifs is 1. The third-order valence-corrected chi connectivity index (χ3v) is 5.82. The lowest BCUT2D eigenvalue weighted by molar-refractivity contribution is -0.132. The standard InChI is InChI=1S/C23H28N6O2/c1-16(2)28-12-11-27(17(3)30)15-20(28)22-26-25-21-10-9-19(14-29(21)22)23(31)24-13-18-7-5-4-6-8-18/h4-10,14,16,20H,11-13,15H2,1-3H3,(H,24,31). The summed E-state index contributed by atoms with van der Waals surface area (Å²) in [7, 11) is 0. The first-order chi connectivity index (χ1) is 14.9. The zero-order chi connectivity index (χ0) is 22.0. The average molecular weight is 421 g/mol. The van der Waals surface area contributed by atoms with E-state index in [4.69, 9.17) is 0 Å². The Morgan fingerprint density at radius 1 is 1.10 bits per heavy atom. The van der Waals surface area contributed by atoms with Crippen molar-refractivity contribution < 1.29 is 9.59 Å². The molecule has 0 bridgehead atoms. The van der Waals surface area contributed by atoms with Crippen molar-refractivity contribution in [3.8, 4) is 0 Å². The highest BCUT2D eigenvalue weighted by atomic mass is 16.2. The second-order valence-corrected chi connectivity index (χ2v) is 8.18. The van der Waals surface area contributed by atoms with Gasteiger partial charge in [0.2, 0.25) is 5.91 Å². The topological polar surface area (TPSA) is 82.8 Å². The maximum absolute atomic E-state index is 12.8. The summed E-state index contributed by atoms with van der Waals surface area (Å²) >= 11 is 0. The first-order valence-corrected chi connectivity index (χ1v) is 10.6. The van der Waals surface area contributed by atoms with E-state index in [1.807, 2.05) is 39.6 Å². The van der Waals surface area contributed by atoms with Gasteiger partial charge in [-0.1, -0.05) is 30.3 Å². The fourth-order valence-corrected chi connectivity index (χ4v) is 4.08. The third-order valence-electron chi connectivity index (χ3n) is 5.82. The van der Waals surface area contributed by atoms with Gasteiger partial charge < -0.3 is 10.2 Å². The second kappa shape index (κ2) is 8.85. The summed E-state index contributed by atoms with van der Waals surface area (Å²) in [5, 5.41) is 11.7. The molecule has 1 saturated heterocycles. The summed E-state index contributed by atoms with van der Waals surface area (Å²) in [4.78, 5) is 28.9. The highest BCUT2D eigenvalue weighted by Crippen LogP contribution is 2.27. The number of hydrogen-bond acceptors (Lipinski definition) is 5. The van der Waals surface area contributed by atoms with Gasteiger partial charge in [-0.3, -0.25) is 18.9 Å². The monoisotopic (exact) mass is 420 g/mol. The van der Waals surface area contributed by atoms with E-state index in [2.05, 4.69) is 34.3 Å². The molecule has 1 fully saturated rings. The number of benzene rings is 1. The van der Waals surface area contributed by atoms with E-state index >= 15 is 0 Å². The summed E-state index contributed by atoms with van der Waals surface area (Å²) in [6.45, 7) is 8.37. The Bertz CT molecular complexity index is 1080. The summed E-state index contributed by atoms with van der Waals surface area (Å²) < 4.78 is 1.88. The quantitative estimate of drug-likeness (QED) is 0.685. The average Bonchev–Trinajstić information content (AvgIpc) is 3.20. The Hall–Kier alpha value is -3.26. The van der Waals surface area contributed by atoms with E-state index in [0.29, 0.717) is 36.9 Å². The number of pyridine rings is 1. The molecule has 3 heterocycles. The molecule has 3 aromatic rings. The lowest BCUT2D eigenvalue weighted by Crippen LogP contribution is -2.52. The van der Waals surface area contributed by atoms with E-state index in [0.717, 1.165) is 17.9 Å². The van der Waals surface area contributed by atoms with Gasteiger partial charge in [0.15, 0.2) is 11.5 Å². The minimum atomic E-state index is -0.153. The molecular weight excluding hydrogens is 392 g/mol. The number of aromatic nitrogens is 3. The molecule has 0 saturated carbocycles. The molecule has 1 aliphatic heterocycles. The lowest BCUT2D eigenvalue weighted by atomic mass is 10.1. The first-order valence-electron chi connectivity index (χ1n) is 10.6. The fourth-order valence-electron chi connectivity index (χ4n) is 4.08. The van der Waals surface area contributed by atoms with Crippen molar-refractivity contribution in [1.29, 1.82) is 0 Å². The lowest BCUT2D eigenvalue weighted by Gasteiger charge is -2.42. The number of nitrogens with zero attached hydrogens (tertiary/aromatic N) is 5. The molecule has 4 rings (SSSR count). The van der Waals surface area contributed by atoms with E-state index < -0.39 is 0 Å². The predicted octanol–water partition coefficient (Wildman–Crippen LogP) is 2.27. The van der Waals surface area contributed by atoms with Crippen molar-refractivity contribution in [3.05, 3.63) is 65.6 Å². The number of nitrogens with one attached hydrogen (secondary N) is 1. The highest BCUT2D eigenvalue weighted by Gasteiger charge is 2.34. The van der Waals surface area contributed by atoms with E-state index in [-0.39, 0.29) is 17.9 Å². The highest BCUT2D eigenvalue weighted by molar-refractivity contribution is 5.94. The maximum Gasteiger partial charge on any atom is 0.253 e. The largest absolute Gasteiger partial charge is 0.348 e. The van der Waals surface area contributed by atoms with Crippen LogP contribution in [0.1, 0.15) is 48.6 Å². The molecule has 1 N–H and O–H groups in total. The van der Waals surface area contributed by atoms with Gasteiger partial charge >= 0.3 is 0 Å². The molecule has 162 valence electrons. The van der Waals surface area contributed by atoms with Crippen molar-refractivity contribution in [3.63, 3.8) is 0 Å². The van der Waals surface area contributed by atoms with Crippen molar-refractivity contribution in [2.45, 2.75) is 39.4 Å². The predicted molar refractivity (Wildman–Crippen MR) is 117 cm³/mol. The molecule has 0 spiro atoms. The van der Waals surface area contributed by atoms with Crippen LogP contribution in [0.3, 0.4) is 0 Å². The number of rotatable bonds is 5. The molecule has 1 atom stereocenters. The maximum atomic E-state index is 12.8. The summed E-state index contributed by atoms with van der Waals surface area (Å²) in [5.41, 5.74) is 2.26. The van der Waals surface area contributed by atoms with E-state index in [1.54, 1.807) is 25.3 Å². The van der Waals surface area contributed by atoms with Crippen LogP contribution in [0, 0.1) is 0 Å². The van der Waals surface area contributed by atoms with Crippen LogP contribution in [0.5, 0.6) is 0 Å². The molecule has 8 heteroatoms. The number of carbonyl (C=O) groups excluding carboxylic acids is 2. The third kappa shape index (κ3) is 4.44. The van der Waals surface area contributed by atoms with Gasteiger partial charge in [0, 0.05) is 45.3 Å². The Kier molecular flexibility index (Phi) is 5.99. The van der Waals surface area contributed by atoms with Crippen molar-refractivity contribution >= 4 is 17.5 Å². The van der Waals surface area contributed by atoms with Gasteiger partial charge in [-0.2, -0.15) is 0 Å². The Morgan fingerprint density at radius 3 is 2.58 bits per heavy atom. The van der Waals surface area contributed by atoms with E-state index in [9.17, 15) is 9.59 Å². The molecule has 0 radical (unpaired) electrons. The Morgan fingerprint density at radius 2 is 1.87 bits per heavy atom. The van der Waals surface area contributed by atoms with Gasteiger partial charge in [-0.05, 0) is 31.5 Å². The summed E-state index contributed by atoms with van der Waals surface area (Å²) in [5.74, 6) is 0.649. The molecule has 1 aromatic carbocycles. The van der Waals surface area contributed by atoms with Crippen molar-refractivity contribution in [2.24, 2.45) is 0 Å². The van der Waals surface area contributed by atoms with Gasteiger partial charge in [-0.25, -0.2) is 0 Å². The molecular formula is C23H28N6O2. The Balaban J connectivity index is 1.61. The minimum absolute atomic E-state index is 0.0585. The van der Waals surface area contributed by atoms with Crippen LogP contribution >= 0.6 is 0 Å². The van der Waals surface area contributed by atoms with Gasteiger partial charge in [0.05, 0.1) is 11.6 Å². The Labute approximate surface area is 181 Å². The SMILES string of the molecule is CC(=O)N1CCN(C(C)C)C(c2nnc3ccc(C(=O)NCc4ccccc4)cn23)C1. The van der Waals surface area contributed by atoms with Gasteiger partial charge in [0.1, 0.15) is 0 Å².